The molecule has 1 aromatic carbocycles. The van der Waals surface area contributed by atoms with E-state index in [0.717, 1.165) is 5.56 Å². The number of nitrogens with zero attached hydrogens (tertiary/aromatic N) is 1. The van der Waals surface area contributed by atoms with Crippen molar-refractivity contribution in [1.82, 2.24) is 15.4 Å². The molecule has 0 heterocycles. The second-order valence-electron chi connectivity index (χ2n) is 5.52. The number of nitrogens with one attached hydrogen (secondary N) is 3. The summed E-state index contributed by atoms with van der Waals surface area (Å²) in [7, 11) is -4.81. The van der Waals surface area contributed by atoms with Gasteiger partial charge in [0.15, 0.2) is 15.8 Å². The average Bonchev–Trinajstić information content (AvgIpc) is 2.53. The van der Waals surface area contributed by atoms with Crippen LogP contribution in [-0.4, -0.2) is 54.9 Å². The van der Waals surface area contributed by atoms with Crippen molar-refractivity contribution >= 4 is 49.8 Å². The van der Waals surface area contributed by atoms with Crippen LogP contribution in [0.25, 0.3) is 0 Å². The number of guanidine groups is 1. The number of rotatable bonds is 8. The topological polar surface area (TPSA) is 117 Å². The molecule has 3 N–H and O–H groups in total. The minimum absolute atomic E-state index is 0. The van der Waals surface area contributed by atoms with E-state index in [1.165, 1.54) is 6.26 Å². The van der Waals surface area contributed by atoms with Gasteiger partial charge in [-0.3, -0.25) is 4.99 Å². The van der Waals surface area contributed by atoms with Gasteiger partial charge in [-0.2, -0.15) is 0 Å². The predicted molar refractivity (Wildman–Crippen MR) is 115 cm³/mol. The van der Waals surface area contributed by atoms with Crippen LogP contribution in [-0.2, 0) is 26.4 Å². The molecule has 1 aromatic rings. The highest BCUT2D eigenvalue weighted by molar-refractivity contribution is 14.0. The molecule has 8 nitrogen and oxygen atoms in total. The van der Waals surface area contributed by atoms with Crippen molar-refractivity contribution in [3.05, 3.63) is 29.3 Å². The molecule has 0 aliphatic heterocycles. The van der Waals surface area contributed by atoms with E-state index < -0.39 is 19.9 Å². The van der Waals surface area contributed by atoms with E-state index in [2.05, 4.69) is 20.3 Å². The van der Waals surface area contributed by atoms with Gasteiger partial charge in [0.05, 0.1) is 10.6 Å². The molecule has 0 bridgehead atoms. The van der Waals surface area contributed by atoms with Gasteiger partial charge in [0.25, 0.3) is 0 Å². The zero-order valence-corrected chi connectivity index (χ0v) is 19.3. The number of aliphatic imine (C=N–C) groups is 1. The quantitative estimate of drug-likeness (QED) is 0.201. The van der Waals surface area contributed by atoms with Crippen LogP contribution in [0.5, 0.6) is 0 Å². The van der Waals surface area contributed by atoms with Gasteiger partial charge in [0.2, 0.25) is 10.0 Å². The smallest absolute Gasteiger partial charge is 0.211 e. The third-order valence-electron chi connectivity index (χ3n) is 3.44. The Morgan fingerprint density at radius 1 is 1.12 bits per heavy atom. The van der Waals surface area contributed by atoms with E-state index in [1.54, 1.807) is 33.0 Å². The van der Waals surface area contributed by atoms with Crippen molar-refractivity contribution in [2.45, 2.75) is 25.3 Å². The Labute approximate surface area is 173 Å². The third-order valence-corrected chi connectivity index (χ3v) is 6.10. The van der Waals surface area contributed by atoms with Crippen molar-refractivity contribution in [3.8, 4) is 0 Å². The monoisotopic (exact) mass is 518 g/mol. The summed E-state index contributed by atoms with van der Waals surface area (Å²) in [6, 6.07) is 5.16. The molecule has 0 atom stereocenters. The van der Waals surface area contributed by atoms with E-state index in [1.807, 2.05) is 6.07 Å². The minimum atomic E-state index is -3.23. The van der Waals surface area contributed by atoms with E-state index >= 15 is 0 Å². The summed E-state index contributed by atoms with van der Waals surface area (Å²) in [6.07, 6.45) is 1.19. The van der Waals surface area contributed by atoms with Crippen molar-refractivity contribution in [3.63, 3.8) is 0 Å². The number of aryl methyl sites for hydroxylation is 1. The molecule has 0 saturated carbocycles. The maximum Gasteiger partial charge on any atom is 0.211 e. The molecule has 11 heteroatoms. The number of halogens is 1. The summed E-state index contributed by atoms with van der Waals surface area (Å²) in [5.41, 5.74) is 1.61. The standard InChI is InChI=1S/C15H26N4O4S2.HI/c1-5-25(22,23)19-9-8-17-15(16-3)18-11-13-6-7-14(12(2)10-13)24(4,20)21;/h6-7,10,19H,5,8-9,11H2,1-4H3,(H2,16,17,18);1H. The lowest BCUT2D eigenvalue weighted by atomic mass is 10.1. The Morgan fingerprint density at radius 2 is 1.77 bits per heavy atom. The number of sulfonamides is 1. The summed E-state index contributed by atoms with van der Waals surface area (Å²) >= 11 is 0. The van der Waals surface area contributed by atoms with E-state index in [9.17, 15) is 16.8 Å². The summed E-state index contributed by atoms with van der Waals surface area (Å²) < 4.78 is 48.4. The fourth-order valence-corrected chi connectivity index (χ4v) is 3.71. The zero-order valence-electron chi connectivity index (χ0n) is 15.4. The molecule has 150 valence electrons. The Kier molecular flexibility index (Phi) is 10.7. The zero-order chi connectivity index (χ0) is 19.1. The molecule has 0 radical (unpaired) electrons. The average molecular weight is 518 g/mol. The maximum absolute atomic E-state index is 11.6. The second-order valence-corrected chi connectivity index (χ2v) is 9.60. The molecule has 0 saturated heterocycles. The predicted octanol–water partition coefficient (Wildman–Crippen LogP) is 0.621. The summed E-state index contributed by atoms with van der Waals surface area (Å²) in [5.74, 6) is 0.573. The number of sulfone groups is 1. The number of hydrogen-bond donors (Lipinski definition) is 3. The Hall–Kier alpha value is -0.920. The lowest BCUT2D eigenvalue weighted by Crippen LogP contribution is -2.41. The molecule has 0 aromatic heterocycles. The van der Waals surface area contributed by atoms with Crippen LogP contribution in [0.15, 0.2) is 28.1 Å². The van der Waals surface area contributed by atoms with Gasteiger partial charge in [-0.1, -0.05) is 12.1 Å². The Morgan fingerprint density at radius 3 is 2.27 bits per heavy atom. The van der Waals surface area contributed by atoms with Crippen LogP contribution in [0.2, 0.25) is 0 Å². The van der Waals surface area contributed by atoms with Crippen LogP contribution < -0.4 is 15.4 Å². The molecule has 0 spiro atoms. The number of benzene rings is 1. The van der Waals surface area contributed by atoms with Gasteiger partial charge in [-0.15, -0.1) is 24.0 Å². The van der Waals surface area contributed by atoms with Gasteiger partial charge < -0.3 is 10.6 Å². The van der Waals surface area contributed by atoms with E-state index in [4.69, 9.17) is 0 Å². The highest BCUT2D eigenvalue weighted by atomic mass is 127. The molecule has 0 unspecified atom stereocenters. The largest absolute Gasteiger partial charge is 0.355 e. The first-order valence-corrected chi connectivity index (χ1v) is 11.3. The van der Waals surface area contributed by atoms with Crippen molar-refractivity contribution in [2.24, 2.45) is 4.99 Å². The Balaban J connectivity index is 0.00000625. The van der Waals surface area contributed by atoms with Crippen LogP contribution in [0.3, 0.4) is 0 Å². The first kappa shape index (κ1) is 25.1. The SMILES string of the molecule is CCS(=O)(=O)NCCNC(=NC)NCc1ccc(S(C)(=O)=O)c(C)c1.I. The molecule has 0 aliphatic rings. The fraction of sp³-hybridized carbons (Fsp3) is 0.533. The maximum atomic E-state index is 11.6. The lowest BCUT2D eigenvalue weighted by Gasteiger charge is -2.13. The minimum Gasteiger partial charge on any atom is -0.355 e. The highest BCUT2D eigenvalue weighted by Gasteiger charge is 2.11. The molecule has 1 rings (SSSR count). The summed E-state index contributed by atoms with van der Waals surface area (Å²) in [5, 5.41) is 6.10. The van der Waals surface area contributed by atoms with E-state index in [-0.39, 0.29) is 36.3 Å². The van der Waals surface area contributed by atoms with Gasteiger partial charge in [-0.25, -0.2) is 21.6 Å². The normalized spacial score (nSPS) is 12.4. The molecule has 26 heavy (non-hydrogen) atoms. The third kappa shape index (κ3) is 8.64. The molecule has 0 aliphatic carbocycles. The van der Waals surface area contributed by atoms with E-state index in [0.29, 0.717) is 29.5 Å². The lowest BCUT2D eigenvalue weighted by molar-refractivity contribution is 0.581. The summed E-state index contributed by atoms with van der Waals surface area (Å²) in [6.45, 7) is 4.45. The first-order chi connectivity index (χ1) is 11.6. The van der Waals surface area contributed by atoms with Crippen molar-refractivity contribution < 1.29 is 16.8 Å². The van der Waals surface area contributed by atoms with Gasteiger partial charge >= 0.3 is 0 Å². The first-order valence-electron chi connectivity index (χ1n) is 7.80. The highest BCUT2D eigenvalue weighted by Crippen LogP contribution is 2.16. The van der Waals surface area contributed by atoms with Crippen LogP contribution >= 0.6 is 24.0 Å². The van der Waals surface area contributed by atoms with Gasteiger partial charge in [-0.05, 0) is 31.0 Å². The second kappa shape index (κ2) is 11.0. The van der Waals surface area contributed by atoms with Crippen LogP contribution in [0, 0.1) is 6.92 Å². The molecular formula is C15H27IN4O4S2. The van der Waals surface area contributed by atoms with Crippen LogP contribution in [0.4, 0.5) is 0 Å². The molecular weight excluding hydrogens is 491 g/mol. The van der Waals surface area contributed by atoms with Gasteiger partial charge in [0.1, 0.15) is 0 Å². The van der Waals surface area contributed by atoms with Crippen molar-refractivity contribution in [2.75, 3.05) is 32.1 Å². The Bertz CT molecular complexity index is 824. The van der Waals surface area contributed by atoms with Crippen molar-refractivity contribution in [1.29, 1.82) is 0 Å². The molecule has 0 fully saturated rings. The number of hydrogen-bond acceptors (Lipinski definition) is 5. The molecule has 0 amide bonds. The van der Waals surface area contributed by atoms with Crippen LogP contribution in [0.1, 0.15) is 18.1 Å². The van der Waals surface area contributed by atoms with Gasteiger partial charge in [0, 0.05) is 32.9 Å². The summed E-state index contributed by atoms with van der Waals surface area (Å²) in [4.78, 5) is 4.38. The fourth-order valence-electron chi connectivity index (χ4n) is 2.13.